The molecule has 0 unspecified atom stereocenters. The lowest BCUT2D eigenvalue weighted by Crippen LogP contribution is -2.35. The standard InChI is InChI=1S/C18H28N2O/c1-14(2)13-20-9-10-21-18-4-3-16(12-17(18)20)11-15-5-7-19-8-6-15/h3-4,12,14-15,19H,5-11,13H2,1-2H3. The highest BCUT2D eigenvalue weighted by atomic mass is 16.5. The first-order valence-electron chi connectivity index (χ1n) is 8.44. The second kappa shape index (κ2) is 6.69. The Labute approximate surface area is 128 Å². The van der Waals surface area contributed by atoms with Gasteiger partial charge in [-0.15, -0.1) is 0 Å². The molecular formula is C18H28N2O. The summed E-state index contributed by atoms with van der Waals surface area (Å²) in [6, 6.07) is 6.82. The van der Waals surface area contributed by atoms with Crippen molar-refractivity contribution in [3.8, 4) is 5.75 Å². The van der Waals surface area contributed by atoms with Crippen LogP contribution >= 0.6 is 0 Å². The topological polar surface area (TPSA) is 24.5 Å². The molecule has 1 fully saturated rings. The van der Waals surface area contributed by atoms with Crippen molar-refractivity contribution in [2.45, 2.75) is 33.1 Å². The first-order chi connectivity index (χ1) is 10.2. The van der Waals surface area contributed by atoms with Crippen molar-refractivity contribution in [2.24, 2.45) is 11.8 Å². The van der Waals surface area contributed by atoms with Gasteiger partial charge in [0, 0.05) is 6.54 Å². The second-order valence-electron chi connectivity index (χ2n) is 6.89. The van der Waals surface area contributed by atoms with E-state index in [9.17, 15) is 0 Å². The molecule has 21 heavy (non-hydrogen) atoms. The minimum absolute atomic E-state index is 0.684. The normalized spacial score (nSPS) is 19.5. The molecule has 3 rings (SSSR count). The summed E-state index contributed by atoms with van der Waals surface area (Å²) in [6.07, 6.45) is 3.83. The highest BCUT2D eigenvalue weighted by Gasteiger charge is 2.20. The third-order valence-electron chi connectivity index (χ3n) is 4.55. The number of hydrogen-bond donors (Lipinski definition) is 1. The van der Waals surface area contributed by atoms with Gasteiger partial charge in [-0.25, -0.2) is 0 Å². The van der Waals surface area contributed by atoms with E-state index in [1.807, 2.05) is 0 Å². The van der Waals surface area contributed by atoms with Crippen LogP contribution in [0, 0.1) is 11.8 Å². The number of ether oxygens (including phenoxy) is 1. The van der Waals surface area contributed by atoms with Crippen LogP contribution in [0.2, 0.25) is 0 Å². The maximum atomic E-state index is 5.83. The van der Waals surface area contributed by atoms with E-state index in [1.165, 1.54) is 43.6 Å². The van der Waals surface area contributed by atoms with Crippen molar-refractivity contribution in [1.29, 1.82) is 0 Å². The maximum Gasteiger partial charge on any atom is 0.142 e. The highest BCUT2D eigenvalue weighted by Crippen LogP contribution is 2.34. The molecule has 2 aliphatic rings. The van der Waals surface area contributed by atoms with Gasteiger partial charge in [0.1, 0.15) is 12.4 Å². The van der Waals surface area contributed by atoms with Crippen LogP contribution in [0.3, 0.4) is 0 Å². The van der Waals surface area contributed by atoms with E-state index in [1.54, 1.807) is 0 Å². The smallest absolute Gasteiger partial charge is 0.142 e. The predicted octanol–water partition coefficient (Wildman–Crippen LogP) is 3.08. The second-order valence-corrected chi connectivity index (χ2v) is 6.89. The predicted molar refractivity (Wildman–Crippen MR) is 88.3 cm³/mol. The summed E-state index contributed by atoms with van der Waals surface area (Å²) in [6.45, 7) is 9.88. The van der Waals surface area contributed by atoms with Crippen molar-refractivity contribution in [3.05, 3.63) is 23.8 Å². The summed E-state index contributed by atoms with van der Waals surface area (Å²) in [7, 11) is 0. The van der Waals surface area contributed by atoms with Crippen molar-refractivity contribution in [3.63, 3.8) is 0 Å². The number of nitrogens with zero attached hydrogens (tertiary/aromatic N) is 1. The zero-order chi connectivity index (χ0) is 14.7. The Morgan fingerprint density at radius 3 is 2.86 bits per heavy atom. The van der Waals surface area contributed by atoms with Gasteiger partial charge in [-0.1, -0.05) is 19.9 Å². The molecular weight excluding hydrogens is 260 g/mol. The fraction of sp³-hybridized carbons (Fsp3) is 0.667. The molecule has 0 saturated carbocycles. The lowest BCUT2D eigenvalue weighted by atomic mass is 9.90. The number of nitrogens with one attached hydrogen (secondary N) is 1. The highest BCUT2D eigenvalue weighted by molar-refractivity contribution is 5.61. The Hall–Kier alpha value is -1.22. The van der Waals surface area contributed by atoms with Gasteiger partial charge in [0.15, 0.2) is 0 Å². The Kier molecular flexibility index (Phi) is 4.69. The van der Waals surface area contributed by atoms with E-state index < -0.39 is 0 Å². The molecule has 0 bridgehead atoms. The van der Waals surface area contributed by atoms with E-state index in [2.05, 4.69) is 42.3 Å². The fourth-order valence-corrected chi connectivity index (χ4v) is 3.49. The van der Waals surface area contributed by atoms with Crippen LogP contribution in [-0.4, -0.2) is 32.8 Å². The van der Waals surface area contributed by atoms with E-state index in [0.29, 0.717) is 5.92 Å². The summed E-state index contributed by atoms with van der Waals surface area (Å²) < 4.78 is 5.83. The Bertz CT molecular complexity index is 466. The molecule has 0 radical (unpaired) electrons. The van der Waals surface area contributed by atoms with E-state index >= 15 is 0 Å². The summed E-state index contributed by atoms with van der Waals surface area (Å²) in [5, 5.41) is 3.45. The molecule has 1 aromatic carbocycles. The average Bonchev–Trinajstić information content (AvgIpc) is 2.48. The van der Waals surface area contributed by atoms with E-state index in [4.69, 9.17) is 4.74 Å². The monoisotopic (exact) mass is 288 g/mol. The average molecular weight is 288 g/mol. The van der Waals surface area contributed by atoms with Crippen molar-refractivity contribution >= 4 is 5.69 Å². The molecule has 3 nitrogen and oxygen atoms in total. The lowest BCUT2D eigenvalue weighted by Gasteiger charge is -2.33. The largest absolute Gasteiger partial charge is 0.490 e. The number of hydrogen-bond acceptors (Lipinski definition) is 3. The minimum atomic E-state index is 0.684. The third-order valence-corrected chi connectivity index (χ3v) is 4.55. The molecule has 2 aliphatic heterocycles. The summed E-state index contributed by atoms with van der Waals surface area (Å²) in [5.41, 5.74) is 2.78. The van der Waals surface area contributed by atoms with Crippen LogP contribution in [-0.2, 0) is 6.42 Å². The van der Waals surface area contributed by atoms with Gasteiger partial charge in [-0.2, -0.15) is 0 Å². The Morgan fingerprint density at radius 1 is 1.29 bits per heavy atom. The molecule has 0 aromatic heterocycles. The molecule has 2 heterocycles. The Balaban J connectivity index is 1.74. The third kappa shape index (κ3) is 3.70. The molecule has 116 valence electrons. The van der Waals surface area contributed by atoms with Crippen molar-refractivity contribution in [1.82, 2.24) is 5.32 Å². The maximum absolute atomic E-state index is 5.83. The summed E-state index contributed by atoms with van der Waals surface area (Å²) in [4.78, 5) is 2.50. The zero-order valence-electron chi connectivity index (χ0n) is 13.4. The number of rotatable bonds is 4. The molecule has 0 amide bonds. The van der Waals surface area contributed by atoms with Crippen LogP contribution in [0.4, 0.5) is 5.69 Å². The molecule has 1 aromatic rings. The SMILES string of the molecule is CC(C)CN1CCOc2ccc(CC3CCNCC3)cc21. The van der Waals surface area contributed by atoms with Crippen molar-refractivity contribution in [2.75, 3.05) is 37.7 Å². The van der Waals surface area contributed by atoms with Gasteiger partial charge in [0.05, 0.1) is 12.2 Å². The van der Waals surface area contributed by atoms with Crippen LogP contribution in [0.25, 0.3) is 0 Å². The van der Waals surface area contributed by atoms with E-state index in [-0.39, 0.29) is 0 Å². The van der Waals surface area contributed by atoms with E-state index in [0.717, 1.165) is 31.4 Å². The quantitative estimate of drug-likeness (QED) is 0.921. The first kappa shape index (κ1) is 14.7. The number of fused-ring (bicyclic) bond motifs is 1. The molecule has 3 heteroatoms. The first-order valence-corrected chi connectivity index (χ1v) is 8.44. The van der Waals surface area contributed by atoms with Crippen LogP contribution < -0.4 is 15.0 Å². The van der Waals surface area contributed by atoms with Crippen LogP contribution in [0.5, 0.6) is 5.75 Å². The molecule has 0 atom stereocenters. The van der Waals surface area contributed by atoms with Crippen LogP contribution in [0.1, 0.15) is 32.3 Å². The molecule has 0 aliphatic carbocycles. The van der Waals surface area contributed by atoms with Crippen LogP contribution in [0.15, 0.2) is 18.2 Å². The van der Waals surface area contributed by atoms with Gasteiger partial charge < -0.3 is 15.0 Å². The summed E-state index contributed by atoms with van der Waals surface area (Å²) >= 11 is 0. The number of anilines is 1. The number of piperidine rings is 1. The summed E-state index contributed by atoms with van der Waals surface area (Å²) in [5.74, 6) is 2.59. The zero-order valence-corrected chi connectivity index (χ0v) is 13.4. The molecule has 1 saturated heterocycles. The van der Waals surface area contributed by atoms with Gasteiger partial charge in [0.25, 0.3) is 0 Å². The molecule has 0 spiro atoms. The van der Waals surface area contributed by atoms with Crippen molar-refractivity contribution < 1.29 is 4.74 Å². The lowest BCUT2D eigenvalue weighted by molar-refractivity contribution is 0.304. The molecule has 1 N–H and O–H groups in total. The fourth-order valence-electron chi connectivity index (χ4n) is 3.49. The van der Waals surface area contributed by atoms with Gasteiger partial charge in [-0.05, 0) is 61.9 Å². The number of benzene rings is 1. The van der Waals surface area contributed by atoms with Gasteiger partial charge >= 0.3 is 0 Å². The Morgan fingerprint density at radius 2 is 2.10 bits per heavy atom. The van der Waals surface area contributed by atoms with Gasteiger partial charge in [0.2, 0.25) is 0 Å². The van der Waals surface area contributed by atoms with Gasteiger partial charge in [-0.3, -0.25) is 0 Å². The minimum Gasteiger partial charge on any atom is -0.490 e.